The molecule has 4 N–H and O–H groups in total. The summed E-state index contributed by atoms with van der Waals surface area (Å²) in [5.74, 6) is -0.520. The second-order valence-corrected chi connectivity index (χ2v) is 5.41. The van der Waals surface area contributed by atoms with Gasteiger partial charge in [-0.05, 0) is 36.2 Å². The molecule has 3 rings (SSSR count). The number of para-hydroxylation sites is 2. The summed E-state index contributed by atoms with van der Waals surface area (Å²) in [4.78, 5) is 19.2. The van der Waals surface area contributed by atoms with Gasteiger partial charge in [0.15, 0.2) is 0 Å². The Bertz CT molecular complexity index is 780. The van der Waals surface area contributed by atoms with Crippen LogP contribution >= 0.6 is 0 Å². The van der Waals surface area contributed by atoms with Gasteiger partial charge in [0.05, 0.1) is 17.0 Å². The van der Waals surface area contributed by atoms with Crippen molar-refractivity contribution >= 4 is 22.9 Å². The molecule has 0 aliphatic rings. The van der Waals surface area contributed by atoms with Crippen molar-refractivity contribution in [1.82, 2.24) is 9.97 Å². The zero-order valence-corrected chi connectivity index (χ0v) is 12.4. The van der Waals surface area contributed by atoms with E-state index in [1.54, 1.807) is 12.1 Å². The van der Waals surface area contributed by atoms with E-state index in [2.05, 4.69) is 15.3 Å². The number of nitrogens with one attached hydrogen (secondary N) is 2. The molecule has 0 aliphatic heterocycles. The molecular formula is C17H17FN4O. The minimum Gasteiger partial charge on any atom is -0.369 e. The lowest BCUT2D eigenvalue weighted by molar-refractivity contribution is -0.121. The molecule has 0 saturated heterocycles. The van der Waals surface area contributed by atoms with E-state index in [1.807, 2.05) is 24.3 Å². The lowest BCUT2D eigenvalue weighted by Crippen LogP contribution is -2.31. The number of rotatable bonds is 6. The number of H-pyrrole nitrogens is 1. The van der Waals surface area contributed by atoms with E-state index in [0.29, 0.717) is 18.9 Å². The van der Waals surface area contributed by atoms with Crippen LogP contribution in [0.5, 0.6) is 0 Å². The Morgan fingerprint density at radius 2 is 1.96 bits per heavy atom. The third-order valence-corrected chi connectivity index (χ3v) is 3.70. The fourth-order valence-electron chi connectivity index (χ4n) is 2.43. The minimum atomic E-state index is -0.409. The topological polar surface area (TPSA) is 83.8 Å². The number of halogens is 1. The smallest absolute Gasteiger partial charge is 0.222 e. The first-order valence-electron chi connectivity index (χ1n) is 7.34. The Kier molecular flexibility index (Phi) is 4.23. The van der Waals surface area contributed by atoms with Gasteiger partial charge in [-0.15, -0.1) is 0 Å². The molecule has 1 amide bonds. The summed E-state index contributed by atoms with van der Waals surface area (Å²) < 4.78 is 12.9. The van der Waals surface area contributed by atoms with E-state index in [9.17, 15) is 9.18 Å². The van der Waals surface area contributed by atoms with Crippen LogP contribution in [0, 0.1) is 11.7 Å². The molecule has 1 atom stereocenters. The third-order valence-electron chi connectivity index (χ3n) is 3.70. The van der Waals surface area contributed by atoms with Crippen LogP contribution in [0.15, 0.2) is 48.5 Å². The highest BCUT2D eigenvalue weighted by Crippen LogP contribution is 2.15. The van der Waals surface area contributed by atoms with E-state index in [0.717, 1.165) is 16.6 Å². The first-order valence-corrected chi connectivity index (χ1v) is 7.34. The molecular weight excluding hydrogens is 295 g/mol. The van der Waals surface area contributed by atoms with Crippen LogP contribution in [0.4, 0.5) is 10.3 Å². The van der Waals surface area contributed by atoms with Crippen LogP contribution in [0.1, 0.15) is 5.56 Å². The van der Waals surface area contributed by atoms with E-state index < -0.39 is 11.8 Å². The molecule has 0 aliphatic carbocycles. The number of carbonyl (C=O) groups excluding carboxylic acids is 1. The van der Waals surface area contributed by atoms with Gasteiger partial charge in [0.25, 0.3) is 0 Å². The summed E-state index contributed by atoms with van der Waals surface area (Å²) in [6, 6.07) is 13.7. The average Bonchev–Trinajstić information content (AvgIpc) is 2.95. The lowest BCUT2D eigenvalue weighted by Gasteiger charge is -2.14. The first-order chi connectivity index (χ1) is 11.1. The van der Waals surface area contributed by atoms with Gasteiger partial charge in [-0.1, -0.05) is 24.3 Å². The summed E-state index contributed by atoms with van der Waals surface area (Å²) in [5.41, 5.74) is 8.10. The number of primary amides is 1. The molecule has 5 nitrogen and oxygen atoms in total. The summed E-state index contributed by atoms with van der Waals surface area (Å²) in [7, 11) is 0. The third kappa shape index (κ3) is 3.66. The fourth-order valence-corrected chi connectivity index (χ4v) is 2.43. The Morgan fingerprint density at radius 1 is 1.22 bits per heavy atom. The molecule has 2 aromatic carbocycles. The van der Waals surface area contributed by atoms with Crippen LogP contribution in [-0.2, 0) is 11.2 Å². The normalized spacial score (nSPS) is 12.2. The van der Waals surface area contributed by atoms with Gasteiger partial charge < -0.3 is 16.0 Å². The molecule has 3 aromatic rings. The molecule has 1 heterocycles. The van der Waals surface area contributed by atoms with Crippen molar-refractivity contribution < 1.29 is 9.18 Å². The van der Waals surface area contributed by atoms with Crippen LogP contribution in [0.25, 0.3) is 11.0 Å². The highest BCUT2D eigenvalue weighted by molar-refractivity contribution is 5.79. The number of aromatic amines is 1. The molecule has 0 fully saturated rings. The number of nitrogens with zero attached hydrogens (tertiary/aromatic N) is 1. The summed E-state index contributed by atoms with van der Waals surface area (Å²) >= 11 is 0. The summed E-state index contributed by atoms with van der Waals surface area (Å²) in [6.45, 7) is 0.354. The van der Waals surface area contributed by atoms with Crippen LogP contribution in [0.3, 0.4) is 0 Å². The Morgan fingerprint density at radius 3 is 2.65 bits per heavy atom. The van der Waals surface area contributed by atoms with Crippen molar-refractivity contribution in [3.63, 3.8) is 0 Å². The van der Waals surface area contributed by atoms with Crippen molar-refractivity contribution in [3.05, 3.63) is 59.9 Å². The fraction of sp³-hybridized carbons (Fsp3) is 0.176. The van der Waals surface area contributed by atoms with Gasteiger partial charge in [0.1, 0.15) is 5.82 Å². The van der Waals surface area contributed by atoms with Crippen molar-refractivity contribution in [1.29, 1.82) is 0 Å². The number of carbonyl (C=O) groups is 1. The van der Waals surface area contributed by atoms with Gasteiger partial charge >= 0.3 is 0 Å². The predicted octanol–water partition coefficient (Wildman–Crippen LogP) is 2.46. The molecule has 6 heteroatoms. The predicted molar refractivity (Wildman–Crippen MR) is 87.4 cm³/mol. The molecule has 0 saturated carbocycles. The number of hydrogen-bond donors (Lipinski definition) is 3. The zero-order valence-electron chi connectivity index (χ0n) is 12.4. The van der Waals surface area contributed by atoms with Crippen molar-refractivity contribution in [3.8, 4) is 0 Å². The Labute approximate surface area is 132 Å². The van der Waals surface area contributed by atoms with Gasteiger partial charge in [-0.3, -0.25) is 4.79 Å². The van der Waals surface area contributed by atoms with Crippen LogP contribution < -0.4 is 11.1 Å². The zero-order chi connectivity index (χ0) is 16.2. The summed E-state index contributed by atoms with van der Waals surface area (Å²) in [5, 5.41) is 3.11. The standard InChI is InChI=1S/C17H17FN4O/c18-13-7-5-11(6-8-13)9-12(16(19)23)10-20-17-21-14-3-1-2-4-15(14)22-17/h1-8,12H,9-10H2,(H2,19,23)(H2,20,21,22). The largest absolute Gasteiger partial charge is 0.369 e. The van der Waals surface area contributed by atoms with Gasteiger partial charge in [0, 0.05) is 6.54 Å². The first kappa shape index (κ1) is 15.0. The number of nitrogens with two attached hydrogens (primary N) is 1. The molecule has 118 valence electrons. The molecule has 23 heavy (non-hydrogen) atoms. The summed E-state index contributed by atoms with van der Waals surface area (Å²) in [6.07, 6.45) is 0.447. The van der Waals surface area contributed by atoms with Gasteiger partial charge in [0.2, 0.25) is 11.9 Å². The van der Waals surface area contributed by atoms with Crippen molar-refractivity contribution in [2.24, 2.45) is 11.7 Å². The molecule has 0 radical (unpaired) electrons. The number of benzene rings is 2. The SMILES string of the molecule is NC(=O)C(CNc1nc2ccccc2[nH]1)Cc1ccc(F)cc1. The van der Waals surface area contributed by atoms with Gasteiger partial charge in [-0.2, -0.15) is 0 Å². The van der Waals surface area contributed by atoms with Crippen LogP contribution in [0.2, 0.25) is 0 Å². The molecule has 1 aromatic heterocycles. The molecule has 0 bridgehead atoms. The number of imidazole rings is 1. The number of anilines is 1. The highest BCUT2D eigenvalue weighted by atomic mass is 19.1. The van der Waals surface area contributed by atoms with E-state index in [1.165, 1.54) is 12.1 Å². The van der Waals surface area contributed by atoms with Crippen LogP contribution in [-0.4, -0.2) is 22.4 Å². The van der Waals surface area contributed by atoms with E-state index in [4.69, 9.17) is 5.73 Å². The lowest BCUT2D eigenvalue weighted by atomic mass is 9.98. The average molecular weight is 312 g/mol. The maximum Gasteiger partial charge on any atom is 0.222 e. The van der Waals surface area contributed by atoms with Crippen molar-refractivity contribution in [2.45, 2.75) is 6.42 Å². The molecule has 1 unspecified atom stereocenters. The maximum atomic E-state index is 12.9. The Balaban J connectivity index is 1.67. The highest BCUT2D eigenvalue weighted by Gasteiger charge is 2.16. The number of amides is 1. The quantitative estimate of drug-likeness (QED) is 0.654. The number of aromatic nitrogens is 2. The maximum absolute atomic E-state index is 12.9. The van der Waals surface area contributed by atoms with Crippen molar-refractivity contribution in [2.75, 3.05) is 11.9 Å². The minimum absolute atomic E-state index is 0.301. The van der Waals surface area contributed by atoms with E-state index >= 15 is 0 Å². The number of hydrogen-bond acceptors (Lipinski definition) is 3. The second-order valence-electron chi connectivity index (χ2n) is 5.41. The second kappa shape index (κ2) is 6.48. The van der Waals surface area contributed by atoms with E-state index in [-0.39, 0.29) is 5.82 Å². The monoisotopic (exact) mass is 312 g/mol. The Hall–Kier alpha value is -2.89. The van der Waals surface area contributed by atoms with Gasteiger partial charge in [-0.25, -0.2) is 9.37 Å². The molecule has 0 spiro atoms. The number of fused-ring (bicyclic) bond motifs is 1.